The zero-order chi connectivity index (χ0) is 16.2. The lowest BCUT2D eigenvalue weighted by molar-refractivity contribution is -0.121. The SMILES string of the molecule is CCC(O)(CC)CNC(=O)Cc1c[nH]c2ccc(OC)cc12. The van der Waals surface area contributed by atoms with Crippen LogP contribution in [0.1, 0.15) is 32.3 Å². The lowest BCUT2D eigenvalue weighted by atomic mass is 9.97. The first-order chi connectivity index (χ1) is 10.5. The number of methoxy groups -OCH3 is 1. The average molecular weight is 304 g/mol. The molecule has 0 aliphatic rings. The summed E-state index contributed by atoms with van der Waals surface area (Å²) in [6, 6.07) is 5.73. The highest BCUT2D eigenvalue weighted by atomic mass is 16.5. The highest BCUT2D eigenvalue weighted by molar-refractivity contribution is 5.89. The molecule has 0 radical (unpaired) electrons. The predicted molar refractivity (Wildman–Crippen MR) is 87.1 cm³/mol. The van der Waals surface area contributed by atoms with Gasteiger partial charge < -0.3 is 20.1 Å². The number of H-pyrrole nitrogens is 1. The molecule has 0 aliphatic carbocycles. The maximum atomic E-state index is 12.1. The van der Waals surface area contributed by atoms with Gasteiger partial charge in [0.05, 0.1) is 19.1 Å². The molecule has 0 unspecified atom stereocenters. The third kappa shape index (κ3) is 3.60. The Kier molecular flexibility index (Phi) is 5.08. The normalized spacial score (nSPS) is 11.6. The summed E-state index contributed by atoms with van der Waals surface area (Å²) in [6.07, 6.45) is 3.36. The van der Waals surface area contributed by atoms with E-state index >= 15 is 0 Å². The van der Waals surface area contributed by atoms with Crippen LogP contribution in [0.15, 0.2) is 24.4 Å². The first-order valence-corrected chi connectivity index (χ1v) is 7.64. The molecule has 0 aliphatic heterocycles. The summed E-state index contributed by atoms with van der Waals surface area (Å²) in [7, 11) is 1.62. The van der Waals surface area contributed by atoms with Crippen LogP contribution < -0.4 is 10.1 Å². The summed E-state index contributed by atoms with van der Waals surface area (Å²) in [5.41, 5.74) is 1.07. The molecule has 1 amide bonds. The third-order valence-corrected chi connectivity index (χ3v) is 4.26. The van der Waals surface area contributed by atoms with E-state index in [-0.39, 0.29) is 18.9 Å². The minimum absolute atomic E-state index is 0.0935. The van der Waals surface area contributed by atoms with Crippen LogP contribution in [0, 0.1) is 0 Å². The second kappa shape index (κ2) is 6.83. The van der Waals surface area contributed by atoms with Crippen molar-refractivity contribution in [2.45, 2.75) is 38.7 Å². The van der Waals surface area contributed by atoms with Crippen molar-refractivity contribution < 1.29 is 14.6 Å². The van der Waals surface area contributed by atoms with Gasteiger partial charge >= 0.3 is 0 Å². The number of fused-ring (bicyclic) bond motifs is 1. The standard InChI is InChI=1S/C17H24N2O3/c1-4-17(21,5-2)11-19-16(20)8-12-10-18-15-7-6-13(22-3)9-14(12)15/h6-7,9-10,18,21H,4-5,8,11H2,1-3H3,(H,19,20). The number of benzene rings is 1. The number of nitrogens with one attached hydrogen (secondary N) is 2. The Labute approximate surface area is 130 Å². The van der Waals surface area contributed by atoms with Crippen LogP contribution in [0.25, 0.3) is 10.9 Å². The highest BCUT2D eigenvalue weighted by Crippen LogP contribution is 2.24. The van der Waals surface area contributed by atoms with E-state index in [9.17, 15) is 9.90 Å². The molecule has 22 heavy (non-hydrogen) atoms. The van der Waals surface area contributed by atoms with E-state index in [1.54, 1.807) is 7.11 Å². The Hall–Kier alpha value is -2.01. The molecule has 0 atom stereocenters. The monoisotopic (exact) mass is 304 g/mol. The number of aliphatic hydroxyl groups is 1. The minimum atomic E-state index is -0.820. The Morgan fingerprint density at radius 3 is 2.73 bits per heavy atom. The van der Waals surface area contributed by atoms with Gasteiger partial charge in [0.2, 0.25) is 5.91 Å². The number of hydrogen-bond acceptors (Lipinski definition) is 3. The Bertz CT molecular complexity index is 644. The first-order valence-electron chi connectivity index (χ1n) is 7.64. The average Bonchev–Trinajstić information content (AvgIpc) is 2.94. The number of rotatable bonds is 7. The summed E-state index contributed by atoms with van der Waals surface area (Å²) in [5.74, 6) is 0.671. The molecule has 120 valence electrons. The lowest BCUT2D eigenvalue weighted by Crippen LogP contribution is -2.42. The van der Waals surface area contributed by atoms with Crippen LogP contribution in [0.2, 0.25) is 0 Å². The molecule has 5 nitrogen and oxygen atoms in total. The maximum Gasteiger partial charge on any atom is 0.224 e. The van der Waals surface area contributed by atoms with Crippen LogP contribution in [-0.2, 0) is 11.2 Å². The van der Waals surface area contributed by atoms with Crippen LogP contribution in [0.3, 0.4) is 0 Å². The predicted octanol–water partition coefficient (Wildman–Crippen LogP) is 2.39. The number of ether oxygens (including phenoxy) is 1. The van der Waals surface area contributed by atoms with Gasteiger partial charge in [0.1, 0.15) is 5.75 Å². The first kappa shape index (κ1) is 16.4. The highest BCUT2D eigenvalue weighted by Gasteiger charge is 2.22. The molecule has 0 spiro atoms. The number of amides is 1. The molecule has 1 aromatic heterocycles. The number of aromatic nitrogens is 1. The van der Waals surface area contributed by atoms with Crippen LogP contribution in [0.4, 0.5) is 0 Å². The van der Waals surface area contributed by atoms with E-state index < -0.39 is 5.60 Å². The summed E-state index contributed by atoms with van der Waals surface area (Å²) in [5, 5.41) is 14.0. The smallest absolute Gasteiger partial charge is 0.224 e. The molecule has 1 aromatic carbocycles. The third-order valence-electron chi connectivity index (χ3n) is 4.26. The zero-order valence-electron chi connectivity index (χ0n) is 13.4. The van der Waals surface area contributed by atoms with E-state index in [2.05, 4.69) is 10.3 Å². The number of carbonyl (C=O) groups is 1. The quantitative estimate of drug-likeness (QED) is 0.735. The Morgan fingerprint density at radius 2 is 2.09 bits per heavy atom. The largest absolute Gasteiger partial charge is 0.497 e. The zero-order valence-corrected chi connectivity index (χ0v) is 13.4. The molecule has 2 rings (SSSR count). The van der Waals surface area contributed by atoms with E-state index in [1.807, 2.05) is 38.2 Å². The number of carbonyl (C=O) groups excluding carboxylic acids is 1. The van der Waals surface area contributed by atoms with Gasteiger partial charge in [-0.1, -0.05) is 13.8 Å². The summed E-state index contributed by atoms with van der Waals surface area (Å²) in [4.78, 5) is 15.3. The molecule has 2 aromatic rings. The van der Waals surface area contributed by atoms with E-state index in [0.717, 1.165) is 22.2 Å². The van der Waals surface area contributed by atoms with Crippen molar-refractivity contribution in [3.05, 3.63) is 30.0 Å². The van der Waals surface area contributed by atoms with Crippen LogP contribution in [0.5, 0.6) is 5.75 Å². The summed E-state index contributed by atoms with van der Waals surface area (Å²) < 4.78 is 5.23. The second-order valence-corrected chi connectivity index (χ2v) is 5.61. The summed E-state index contributed by atoms with van der Waals surface area (Å²) in [6.45, 7) is 4.12. The van der Waals surface area contributed by atoms with Gasteiger partial charge in [0, 0.05) is 23.6 Å². The molecular formula is C17H24N2O3. The Morgan fingerprint density at radius 1 is 1.36 bits per heavy atom. The van der Waals surface area contributed by atoms with Crippen molar-refractivity contribution in [1.29, 1.82) is 0 Å². The molecule has 0 bridgehead atoms. The van der Waals surface area contributed by atoms with E-state index in [1.165, 1.54) is 0 Å². The maximum absolute atomic E-state index is 12.1. The molecule has 5 heteroatoms. The van der Waals surface area contributed by atoms with E-state index in [0.29, 0.717) is 12.8 Å². The van der Waals surface area contributed by atoms with Crippen LogP contribution >= 0.6 is 0 Å². The second-order valence-electron chi connectivity index (χ2n) is 5.61. The van der Waals surface area contributed by atoms with E-state index in [4.69, 9.17) is 4.74 Å². The van der Waals surface area contributed by atoms with Crippen molar-refractivity contribution in [2.24, 2.45) is 0 Å². The van der Waals surface area contributed by atoms with Gasteiger partial charge in [0.15, 0.2) is 0 Å². The van der Waals surface area contributed by atoms with Crippen molar-refractivity contribution in [1.82, 2.24) is 10.3 Å². The van der Waals surface area contributed by atoms with Gasteiger partial charge in [-0.25, -0.2) is 0 Å². The van der Waals surface area contributed by atoms with Crippen molar-refractivity contribution in [2.75, 3.05) is 13.7 Å². The minimum Gasteiger partial charge on any atom is -0.497 e. The number of aromatic amines is 1. The topological polar surface area (TPSA) is 74.4 Å². The molecule has 0 fully saturated rings. The molecule has 3 N–H and O–H groups in total. The molecule has 0 saturated heterocycles. The van der Waals surface area contributed by atoms with Gasteiger partial charge in [-0.05, 0) is 36.6 Å². The van der Waals surface area contributed by atoms with Gasteiger partial charge in [-0.2, -0.15) is 0 Å². The number of hydrogen-bond donors (Lipinski definition) is 3. The van der Waals surface area contributed by atoms with Crippen molar-refractivity contribution in [3.63, 3.8) is 0 Å². The summed E-state index contributed by atoms with van der Waals surface area (Å²) >= 11 is 0. The lowest BCUT2D eigenvalue weighted by Gasteiger charge is -2.25. The van der Waals surface area contributed by atoms with Gasteiger partial charge in [0.25, 0.3) is 0 Å². The molecular weight excluding hydrogens is 280 g/mol. The fourth-order valence-electron chi connectivity index (χ4n) is 2.43. The molecule has 1 heterocycles. The fourth-order valence-corrected chi connectivity index (χ4v) is 2.43. The van der Waals surface area contributed by atoms with Crippen molar-refractivity contribution in [3.8, 4) is 5.75 Å². The molecule has 0 saturated carbocycles. The van der Waals surface area contributed by atoms with Gasteiger partial charge in [-0.15, -0.1) is 0 Å². The van der Waals surface area contributed by atoms with Crippen LogP contribution in [-0.4, -0.2) is 35.3 Å². The van der Waals surface area contributed by atoms with Crippen molar-refractivity contribution >= 4 is 16.8 Å². The fraction of sp³-hybridized carbons (Fsp3) is 0.471. The van der Waals surface area contributed by atoms with Gasteiger partial charge in [-0.3, -0.25) is 4.79 Å². The Balaban J connectivity index is 2.06.